The van der Waals surface area contributed by atoms with E-state index in [0.29, 0.717) is 0 Å². The SMILES string of the molecule is COc1nc(Nc2ccc3cn[nH]c3c2)nc(C(=O)OCN2CCCC2)n1. The van der Waals surface area contributed by atoms with Crippen molar-refractivity contribution in [3.8, 4) is 6.01 Å². The molecule has 0 unspecified atom stereocenters. The molecule has 0 radical (unpaired) electrons. The Hall–Kier alpha value is -3.27. The number of nitrogens with zero attached hydrogens (tertiary/aromatic N) is 5. The number of rotatable bonds is 6. The van der Waals surface area contributed by atoms with Gasteiger partial charge in [0.2, 0.25) is 11.8 Å². The third-order valence-corrected chi connectivity index (χ3v) is 4.26. The summed E-state index contributed by atoms with van der Waals surface area (Å²) in [5.74, 6) is -0.533. The van der Waals surface area contributed by atoms with Gasteiger partial charge in [-0.05, 0) is 31.0 Å². The van der Waals surface area contributed by atoms with Crippen molar-refractivity contribution in [1.82, 2.24) is 30.0 Å². The number of methoxy groups -OCH3 is 1. The first kappa shape index (κ1) is 17.2. The van der Waals surface area contributed by atoms with Crippen molar-refractivity contribution >= 4 is 28.5 Å². The minimum atomic E-state index is -0.616. The van der Waals surface area contributed by atoms with E-state index >= 15 is 0 Å². The van der Waals surface area contributed by atoms with Crippen LogP contribution < -0.4 is 10.1 Å². The Bertz CT molecular complexity index is 953. The van der Waals surface area contributed by atoms with E-state index in [4.69, 9.17) is 9.47 Å². The van der Waals surface area contributed by atoms with Gasteiger partial charge in [0.05, 0.1) is 18.8 Å². The van der Waals surface area contributed by atoms with Gasteiger partial charge in [-0.2, -0.15) is 20.1 Å². The number of ether oxygens (including phenoxy) is 2. The molecule has 1 fully saturated rings. The van der Waals surface area contributed by atoms with Crippen molar-refractivity contribution in [1.29, 1.82) is 0 Å². The van der Waals surface area contributed by atoms with Crippen LogP contribution in [-0.2, 0) is 4.74 Å². The summed E-state index contributed by atoms with van der Waals surface area (Å²) in [7, 11) is 1.43. The second-order valence-corrected chi connectivity index (χ2v) is 6.15. The molecule has 1 aliphatic rings. The number of nitrogens with one attached hydrogen (secondary N) is 2. The minimum absolute atomic E-state index is 0.0308. The zero-order valence-corrected chi connectivity index (χ0v) is 14.8. The van der Waals surface area contributed by atoms with Crippen molar-refractivity contribution in [2.45, 2.75) is 12.8 Å². The van der Waals surface area contributed by atoms with Crippen molar-refractivity contribution < 1.29 is 14.3 Å². The molecular weight excluding hydrogens is 350 g/mol. The Kier molecular flexibility index (Phi) is 4.79. The van der Waals surface area contributed by atoms with Gasteiger partial charge in [0.15, 0.2) is 0 Å². The van der Waals surface area contributed by atoms with Crippen LogP contribution >= 0.6 is 0 Å². The number of H-pyrrole nitrogens is 1. The van der Waals surface area contributed by atoms with Gasteiger partial charge in [0.25, 0.3) is 0 Å². The summed E-state index contributed by atoms with van der Waals surface area (Å²) in [5, 5.41) is 10.9. The lowest BCUT2D eigenvalue weighted by molar-refractivity contribution is 0.0254. The molecule has 0 saturated carbocycles. The molecule has 3 heterocycles. The second-order valence-electron chi connectivity index (χ2n) is 6.15. The van der Waals surface area contributed by atoms with Crippen LogP contribution in [0.15, 0.2) is 24.4 Å². The average molecular weight is 369 g/mol. The highest BCUT2D eigenvalue weighted by Crippen LogP contribution is 2.20. The van der Waals surface area contributed by atoms with Gasteiger partial charge < -0.3 is 14.8 Å². The lowest BCUT2D eigenvalue weighted by Gasteiger charge is -2.14. The smallest absolute Gasteiger partial charge is 0.377 e. The molecule has 27 heavy (non-hydrogen) atoms. The van der Waals surface area contributed by atoms with Crippen LogP contribution in [0.4, 0.5) is 11.6 Å². The summed E-state index contributed by atoms with van der Waals surface area (Å²) in [5.41, 5.74) is 1.60. The van der Waals surface area contributed by atoms with Crippen molar-refractivity contribution in [3.63, 3.8) is 0 Å². The van der Waals surface area contributed by atoms with Gasteiger partial charge in [0, 0.05) is 24.2 Å². The van der Waals surface area contributed by atoms with Crippen LogP contribution in [0.25, 0.3) is 10.9 Å². The van der Waals surface area contributed by atoms with Crippen LogP contribution in [0, 0.1) is 0 Å². The maximum atomic E-state index is 12.3. The van der Waals surface area contributed by atoms with Gasteiger partial charge in [-0.25, -0.2) is 4.79 Å². The van der Waals surface area contributed by atoms with Crippen LogP contribution in [0.5, 0.6) is 6.01 Å². The average Bonchev–Trinajstić information content (AvgIpc) is 3.37. The van der Waals surface area contributed by atoms with E-state index in [2.05, 4.69) is 35.4 Å². The highest BCUT2D eigenvalue weighted by molar-refractivity contribution is 5.86. The fourth-order valence-corrected chi connectivity index (χ4v) is 2.87. The molecule has 2 aromatic heterocycles. The lowest BCUT2D eigenvalue weighted by atomic mass is 10.2. The molecule has 0 aliphatic carbocycles. The molecule has 4 rings (SSSR count). The molecule has 140 valence electrons. The van der Waals surface area contributed by atoms with Crippen LogP contribution in [0.3, 0.4) is 0 Å². The minimum Gasteiger partial charge on any atom is -0.467 e. The number of anilines is 2. The van der Waals surface area contributed by atoms with Crippen molar-refractivity contribution in [3.05, 3.63) is 30.2 Å². The van der Waals surface area contributed by atoms with E-state index in [1.165, 1.54) is 7.11 Å². The fraction of sp³-hybridized carbons (Fsp3) is 0.353. The number of carbonyl (C=O) groups is 1. The third kappa shape index (κ3) is 3.95. The van der Waals surface area contributed by atoms with E-state index in [9.17, 15) is 4.79 Å². The van der Waals surface area contributed by atoms with E-state index < -0.39 is 5.97 Å². The first-order valence-electron chi connectivity index (χ1n) is 8.61. The molecule has 10 heteroatoms. The monoisotopic (exact) mass is 369 g/mol. The Morgan fingerprint density at radius 3 is 2.93 bits per heavy atom. The summed E-state index contributed by atoms with van der Waals surface area (Å²) in [4.78, 5) is 26.7. The molecule has 0 spiro atoms. The molecule has 1 aromatic carbocycles. The largest absolute Gasteiger partial charge is 0.467 e. The second kappa shape index (κ2) is 7.54. The van der Waals surface area contributed by atoms with Crippen LogP contribution in [0.2, 0.25) is 0 Å². The highest BCUT2D eigenvalue weighted by Gasteiger charge is 2.19. The van der Waals surface area contributed by atoms with Crippen molar-refractivity contribution in [2.75, 3.05) is 32.2 Å². The molecule has 2 N–H and O–H groups in total. The number of fused-ring (bicyclic) bond motifs is 1. The Balaban J connectivity index is 1.51. The van der Waals surface area contributed by atoms with Crippen LogP contribution in [-0.4, -0.2) is 62.9 Å². The van der Waals surface area contributed by atoms with Crippen LogP contribution in [0.1, 0.15) is 23.5 Å². The molecular formula is C17H19N7O3. The maximum Gasteiger partial charge on any atom is 0.377 e. The van der Waals surface area contributed by atoms with Gasteiger partial charge in [-0.15, -0.1) is 0 Å². The van der Waals surface area contributed by atoms with E-state index in [-0.39, 0.29) is 24.5 Å². The van der Waals surface area contributed by atoms with Crippen molar-refractivity contribution in [2.24, 2.45) is 0 Å². The maximum absolute atomic E-state index is 12.3. The summed E-state index contributed by atoms with van der Waals surface area (Å²) in [6.07, 6.45) is 3.97. The number of likely N-dealkylation sites (tertiary alicyclic amines) is 1. The number of carbonyl (C=O) groups excluding carboxylic acids is 1. The highest BCUT2D eigenvalue weighted by atomic mass is 16.5. The third-order valence-electron chi connectivity index (χ3n) is 4.26. The Morgan fingerprint density at radius 1 is 1.26 bits per heavy atom. The first-order valence-corrected chi connectivity index (χ1v) is 8.61. The number of aromatic nitrogens is 5. The summed E-state index contributed by atoms with van der Waals surface area (Å²) >= 11 is 0. The molecule has 3 aromatic rings. The number of esters is 1. The fourth-order valence-electron chi connectivity index (χ4n) is 2.87. The number of hydrogen-bond acceptors (Lipinski definition) is 9. The molecule has 0 bridgehead atoms. The van der Waals surface area contributed by atoms with Gasteiger partial charge in [0.1, 0.15) is 6.73 Å². The summed E-state index contributed by atoms with van der Waals surface area (Å²) < 4.78 is 10.4. The van der Waals surface area contributed by atoms with Gasteiger partial charge in [-0.1, -0.05) is 0 Å². The van der Waals surface area contributed by atoms with Gasteiger partial charge >= 0.3 is 12.0 Å². The summed E-state index contributed by atoms with van der Waals surface area (Å²) in [6.45, 7) is 2.08. The molecule has 0 amide bonds. The number of hydrogen-bond donors (Lipinski definition) is 2. The van der Waals surface area contributed by atoms with Gasteiger partial charge in [-0.3, -0.25) is 10.00 Å². The standard InChI is InChI=1S/C17H19N7O3/c1-26-17-21-14(15(25)27-10-24-6-2-3-7-24)20-16(22-17)19-12-5-4-11-9-18-23-13(11)8-12/h4-5,8-9H,2-3,6-7,10H2,1H3,(H,18,23)(H,19,20,21,22). The molecule has 0 atom stereocenters. The van der Waals surface area contributed by atoms with E-state index in [0.717, 1.165) is 42.5 Å². The predicted octanol–water partition coefficient (Wildman–Crippen LogP) is 1.71. The number of benzene rings is 1. The summed E-state index contributed by atoms with van der Waals surface area (Å²) in [6, 6.07) is 5.66. The zero-order valence-electron chi connectivity index (χ0n) is 14.8. The zero-order chi connectivity index (χ0) is 18.6. The number of aromatic amines is 1. The molecule has 1 saturated heterocycles. The Labute approximate surface area is 154 Å². The molecule has 1 aliphatic heterocycles. The Morgan fingerprint density at radius 2 is 2.11 bits per heavy atom. The normalized spacial score (nSPS) is 14.4. The van der Waals surface area contributed by atoms with E-state index in [1.54, 1.807) is 6.20 Å². The molecule has 10 nitrogen and oxygen atoms in total. The lowest BCUT2D eigenvalue weighted by Crippen LogP contribution is -2.25. The first-order chi connectivity index (χ1) is 13.2. The van der Waals surface area contributed by atoms with E-state index in [1.807, 2.05) is 18.2 Å². The quantitative estimate of drug-likeness (QED) is 0.626. The topological polar surface area (TPSA) is 118 Å². The predicted molar refractivity (Wildman–Crippen MR) is 96.8 cm³/mol.